The van der Waals surface area contributed by atoms with E-state index in [-0.39, 0.29) is 10.2 Å². The second kappa shape index (κ2) is 4.72. The van der Waals surface area contributed by atoms with Crippen LogP contribution in [0.4, 0.5) is 4.79 Å². The monoisotopic (exact) mass is 310 g/mol. The lowest BCUT2D eigenvalue weighted by molar-refractivity contribution is 0.259. The fourth-order valence-electron chi connectivity index (χ4n) is 1.85. The summed E-state index contributed by atoms with van der Waals surface area (Å²) < 4.78 is 5.52. The molecule has 5 heteroatoms. The molecule has 96 valence electrons. The van der Waals surface area contributed by atoms with Gasteiger partial charge in [0.2, 0.25) is 0 Å². The Kier molecular flexibility index (Phi) is 3.43. The summed E-state index contributed by atoms with van der Waals surface area (Å²) in [5.41, 5.74) is 2.57. The molecule has 4 nitrogen and oxygen atoms in total. The first kappa shape index (κ1) is 13.1. The molecule has 0 saturated carbocycles. The van der Waals surface area contributed by atoms with E-state index in [9.17, 15) is 4.79 Å². The molecule has 0 aliphatic rings. The third-order valence-electron chi connectivity index (χ3n) is 2.95. The highest BCUT2D eigenvalue weighted by molar-refractivity contribution is 9.18. The van der Waals surface area contributed by atoms with E-state index < -0.39 is 0 Å². The highest BCUT2D eigenvalue weighted by Gasteiger charge is 2.22. The number of halogens is 1. The number of rotatable bonds is 3. The number of oxazole rings is 1. The number of fused-ring (bicyclic) bond motifs is 1. The van der Waals surface area contributed by atoms with Gasteiger partial charge in [0.25, 0.3) is 4.82 Å². The van der Waals surface area contributed by atoms with Gasteiger partial charge in [-0.05, 0) is 17.7 Å². The van der Waals surface area contributed by atoms with Crippen LogP contribution in [-0.4, -0.2) is 16.3 Å². The van der Waals surface area contributed by atoms with Gasteiger partial charge in [-0.15, -0.1) is 0 Å². The first-order chi connectivity index (χ1) is 8.38. The average Bonchev–Trinajstić information content (AvgIpc) is 2.65. The van der Waals surface area contributed by atoms with Crippen molar-refractivity contribution in [3.63, 3.8) is 0 Å². The second-order valence-corrected chi connectivity index (χ2v) is 5.65. The average molecular weight is 311 g/mol. The second-order valence-electron chi connectivity index (χ2n) is 4.93. The molecule has 1 N–H and O–H groups in total. The van der Waals surface area contributed by atoms with Crippen molar-refractivity contribution in [1.82, 2.24) is 10.3 Å². The number of carbonyl (C=O) groups is 1. The minimum absolute atomic E-state index is 0.168. The van der Waals surface area contributed by atoms with Crippen LogP contribution in [0.3, 0.4) is 0 Å². The van der Waals surface area contributed by atoms with E-state index in [2.05, 4.69) is 40.1 Å². The third kappa shape index (κ3) is 2.72. The summed E-state index contributed by atoms with van der Waals surface area (Å²) in [6, 6.07) is 5.94. The van der Waals surface area contributed by atoms with Crippen molar-refractivity contribution in [1.29, 1.82) is 0 Å². The van der Waals surface area contributed by atoms with Gasteiger partial charge in [0.05, 0.1) is 0 Å². The standard InChI is InChI=1S/C13H15BrN2O2/c1-8-16-10-5-4-9(6-11(10)18-8)13(2,3)7-15-12(14)17/h4-6H,7H2,1-3H3,(H,15,17). The summed E-state index contributed by atoms with van der Waals surface area (Å²) in [5.74, 6) is 0.661. The maximum absolute atomic E-state index is 10.9. The van der Waals surface area contributed by atoms with Crippen molar-refractivity contribution in [3.05, 3.63) is 29.7 Å². The van der Waals surface area contributed by atoms with Crippen LogP contribution < -0.4 is 5.32 Å². The molecule has 0 aliphatic carbocycles. The molecule has 1 heterocycles. The lowest BCUT2D eigenvalue weighted by Gasteiger charge is -2.24. The SMILES string of the molecule is Cc1nc2ccc(C(C)(C)CNC(=O)Br)cc2o1. The Morgan fingerprint density at radius 1 is 1.50 bits per heavy atom. The predicted octanol–water partition coefficient (Wildman–Crippen LogP) is 3.52. The molecule has 0 unspecified atom stereocenters. The molecular formula is C13H15BrN2O2. The zero-order valence-corrected chi connectivity index (χ0v) is 12.2. The predicted molar refractivity (Wildman–Crippen MR) is 74.1 cm³/mol. The largest absolute Gasteiger partial charge is 0.441 e. The number of nitrogens with one attached hydrogen (secondary N) is 1. The van der Waals surface area contributed by atoms with E-state index in [1.165, 1.54) is 0 Å². The number of carbonyl (C=O) groups excluding carboxylic acids is 1. The number of amides is 1. The van der Waals surface area contributed by atoms with Gasteiger partial charge in [-0.1, -0.05) is 19.9 Å². The normalized spacial score (nSPS) is 11.8. The molecule has 18 heavy (non-hydrogen) atoms. The lowest BCUT2D eigenvalue weighted by Crippen LogP contribution is -2.34. The minimum Gasteiger partial charge on any atom is -0.441 e. The Labute approximate surface area is 114 Å². The van der Waals surface area contributed by atoms with Crippen LogP contribution in [0.5, 0.6) is 0 Å². The van der Waals surface area contributed by atoms with Crippen LogP contribution in [0.25, 0.3) is 11.1 Å². The van der Waals surface area contributed by atoms with Crippen LogP contribution >= 0.6 is 15.9 Å². The fourth-order valence-corrected chi connectivity index (χ4v) is 1.99. The quantitative estimate of drug-likeness (QED) is 0.697. The van der Waals surface area contributed by atoms with Crippen LogP contribution in [0.1, 0.15) is 25.3 Å². The molecule has 1 aromatic carbocycles. The fraction of sp³-hybridized carbons (Fsp3) is 0.385. The van der Waals surface area contributed by atoms with Gasteiger partial charge in [0, 0.05) is 34.8 Å². The zero-order valence-electron chi connectivity index (χ0n) is 10.6. The number of benzene rings is 1. The van der Waals surface area contributed by atoms with Gasteiger partial charge >= 0.3 is 0 Å². The smallest absolute Gasteiger partial charge is 0.287 e. The van der Waals surface area contributed by atoms with E-state index in [1.54, 1.807) is 0 Å². The molecule has 0 spiro atoms. The molecular weight excluding hydrogens is 296 g/mol. The Morgan fingerprint density at radius 2 is 2.22 bits per heavy atom. The van der Waals surface area contributed by atoms with Crippen molar-refractivity contribution < 1.29 is 9.21 Å². The summed E-state index contributed by atoms with van der Waals surface area (Å²) in [6.45, 7) is 6.52. The van der Waals surface area contributed by atoms with Crippen molar-refractivity contribution >= 4 is 31.8 Å². The summed E-state index contributed by atoms with van der Waals surface area (Å²) >= 11 is 2.86. The zero-order chi connectivity index (χ0) is 13.3. The van der Waals surface area contributed by atoms with Gasteiger partial charge in [-0.3, -0.25) is 4.79 Å². The summed E-state index contributed by atoms with van der Waals surface area (Å²) in [5, 5.41) is 2.77. The maximum Gasteiger partial charge on any atom is 0.287 e. The Balaban J connectivity index is 2.31. The van der Waals surface area contributed by atoms with Crippen molar-refractivity contribution in [2.24, 2.45) is 0 Å². The number of aromatic nitrogens is 1. The van der Waals surface area contributed by atoms with E-state index in [1.807, 2.05) is 25.1 Å². The molecule has 1 aromatic heterocycles. The summed E-state index contributed by atoms with van der Waals surface area (Å²) in [4.78, 5) is 15.0. The number of hydrogen-bond acceptors (Lipinski definition) is 3. The van der Waals surface area contributed by atoms with Crippen molar-refractivity contribution in [3.8, 4) is 0 Å². The van der Waals surface area contributed by atoms with Gasteiger partial charge in [0.1, 0.15) is 5.52 Å². The van der Waals surface area contributed by atoms with E-state index >= 15 is 0 Å². The van der Waals surface area contributed by atoms with E-state index in [4.69, 9.17) is 4.42 Å². The molecule has 2 aromatic rings. The van der Waals surface area contributed by atoms with E-state index in [0.717, 1.165) is 16.7 Å². The minimum atomic E-state index is -0.202. The summed E-state index contributed by atoms with van der Waals surface area (Å²) in [7, 11) is 0. The molecule has 0 aliphatic heterocycles. The van der Waals surface area contributed by atoms with Crippen LogP contribution in [-0.2, 0) is 5.41 Å². The Bertz CT molecular complexity index is 590. The van der Waals surface area contributed by atoms with Gasteiger partial charge in [0.15, 0.2) is 11.5 Å². The number of nitrogens with zero attached hydrogens (tertiary/aromatic N) is 1. The first-order valence-corrected chi connectivity index (χ1v) is 6.49. The highest BCUT2D eigenvalue weighted by Crippen LogP contribution is 2.26. The molecule has 1 amide bonds. The molecule has 2 rings (SSSR count). The summed E-state index contributed by atoms with van der Waals surface area (Å²) in [6.07, 6.45) is 0. The molecule has 0 saturated heterocycles. The van der Waals surface area contributed by atoms with Crippen molar-refractivity contribution in [2.45, 2.75) is 26.2 Å². The molecule has 0 fully saturated rings. The number of aryl methyl sites for hydroxylation is 1. The first-order valence-electron chi connectivity index (χ1n) is 5.69. The highest BCUT2D eigenvalue weighted by atomic mass is 79.9. The van der Waals surface area contributed by atoms with Crippen molar-refractivity contribution in [2.75, 3.05) is 6.54 Å². The van der Waals surface area contributed by atoms with E-state index in [0.29, 0.717) is 12.4 Å². The number of hydrogen-bond donors (Lipinski definition) is 1. The molecule has 0 atom stereocenters. The van der Waals surface area contributed by atoms with Crippen LogP contribution in [0, 0.1) is 6.92 Å². The third-order valence-corrected chi connectivity index (χ3v) is 3.23. The topological polar surface area (TPSA) is 55.1 Å². The van der Waals surface area contributed by atoms with Gasteiger partial charge < -0.3 is 9.73 Å². The lowest BCUT2D eigenvalue weighted by atomic mass is 9.84. The Morgan fingerprint density at radius 3 is 2.89 bits per heavy atom. The van der Waals surface area contributed by atoms with Gasteiger partial charge in [-0.25, -0.2) is 4.98 Å². The van der Waals surface area contributed by atoms with Crippen LogP contribution in [0.2, 0.25) is 0 Å². The maximum atomic E-state index is 10.9. The Hall–Kier alpha value is -1.36. The van der Waals surface area contributed by atoms with Crippen LogP contribution in [0.15, 0.2) is 22.6 Å². The molecule has 0 bridgehead atoms. The molecule has 0 radical (unpaired) electrons. The van der Waals surface area contributed by atoms with Gasteiger partial charge in [-0.2, -0.15) is 0 Å².